The third kappa shape index (κ3) is 5.04. The van der Waals surface area contributed by atoms with Crippen LogP contribution in [0.4, 0.5) is 0 Å². The van der Waals surface area contributed by atoms with Crippen molar-refractivity contribution in [3.63, 3.8) is 0 Å². The zero-order valence-electron chi connectivity index (χ0n) is 20.9. The normalized spacial score (nSPS) is 17.3. The molecule has 6 nitrogen and oxygen atoms in total. The van der Waals surface area contributed by atoms with Gasteiger partial charge >= 0.3 is 0 Å². The Morgan fingerprint density at radius 1 is 0.868 bits per heavy atom. The van der Waals surface area contributed by atoms with Crippen LogP contribution in [0.25, 0.3) is 33.3 Å². The maximum Gasteiger partial charge on any atom is 0.251 e. The van der Waals surface area contributed by atoms with Gasteiger partial charge in [0.2, 0.25) is 0 Å². The summed E-state index contributed by atoms with van der Waals surface area (Å²) in [5, 5.41) is 13.8. The molecule has 0 unspecified atom stereocenters. The van der Waals surface area contributed by atoms with Gasteiger partial charge in [0.25, 0.3) is 5.91 Å². The number of nitrogens with one attached hydrogen (secondary N) is 2. The molecule has 2 aromatic heterocycles. The average molecular weight is 504 g/mol. The molecule has 1 aliphatic rings. The zero-order valence-corrected chi connectivity index (χ0v) is 20.9. The van der Waals surface area contributed by atoms with Gasteiger partial charge in [-0.1, -0.05) is 48.5 Å². The SMILES string of the molecule is O=C(NC1CCC(O)CC1)c1ccc(-c2c[nH]c3ncc(-c4ccccc4Oc4ccccc4)cc23)cc1. The van der Waals surface area contributed by atoms with Crippen molar-refractivity contribution >= 4 is 16.9 Å². The second kappa shape index (κ2) is 10.5. The van der Waals surface area contributed by atoms with Gasteiger partial charge in [0.05, 0.1) is 6.10 Å². The summed E-state index contributed by atoms with van der Waals surface area (Å²) in [5.41, 5.74) is 5.36. The number of ether oxygens (including phenoxy) is 1. The number of hydrogen-bond acceptors (Lipinski definition) is 4. The van der Waals surface area contributed by atoms with Gasteiger partial charge < -0.3 is 20.1 Å². The highest BCUT2D eigenvalue weighted by molar-refractivity contribution is 5.98. The molecule has 0 aliphatic heterocycles. The maximum atomic E-state index is 12.8. The smallest absolute Gasteiger partial charge is 0.251 e. The predicted octanol–water partition coefficient (Wildman–Crippen LogP) is 6.72. The number of aliphatic hydroxyl groups excluding tert-OH is 1. The van der Waals surface area contributed by atoms with E-state index in [1.54, 1.807) is 0 Å². The van der Waals surface area contributed by atoms with Crippen molar-refractivity contribution in [3.05, 3.63) is 103 Å². The number of amides is 1. The molecule has 0 bridgehead atoms. The van der Waals surface area contributed by atoms with Crippen molar-refractivity contribution in [1.29, 1.82) is 0 Å². The molecular formula is C32H29N3O3. The number of aromatic nitrogens is 2. The fraction of sp³-hybridized carbons (Fsp3) is 0.188. The number of aromatic amines is 1. The first kappa shape index (κ1) is 23.9. The number of hydrogen-bond donors (Lipinski definition) is 3. The quantitative estimate of drug-likeness (QED) is 0.240. The summed E-state index contributed by atoms with van der Waals surface area (Å²) < 4.78 is 6.18. The largest absolute Gasteiger partial charge is 0.457 e. The van der Waals surface area contributed by atoms with Crippen LogP contribution in [0.3, 0.4) is 0 Å². The number of fused-ring (bicyclic) bond motifs is 1. The van der Waals surface area contributed by atoms with Gasteiger partial charge in [-0.15, -0.1) is 0 Å². The lowest BCUT2D eigenvalue weighted by molar-refractivity contribution is 0.0867. The van der Waals surface area contributed by atoms with E-state index in [0.717, 1.165) is 70.5 Å². The van der Waals surface area contributed by atoms with Gasteiger partial charge in [0.1, 0.15) is 17.1 Å². The molecule has 0 spiro atoms. The van der Waals surface area contributed by atoms with Crippen LogP contribution in [0.2, 0.25) is 0 Å². The predicted molar refractivity (Wildman–Crippen MR) is 149 cm³/mol. The Labute approximate surface area is 221 Å². The molecule has 6 rings (SSSR count). The summed E-state index contributed by atoms with van der Waals surface area (Å²) in [6.45, 7) is 0. The van der Waals surface area contributed by atoms with E-state index in [-0.39, 0.29) is 18.1 Å². The second-order valence-corrected chi connectivity index (χ2v) is 9.79. The van der Waals surface area contributed by atoms with Crippen LogP contribution in [0.1, 0.15) is 36.0 Å². The van der Waals surface area contributed by atoms with E-state index in [0.29, 0.717) is 5.56 Å². The van der Waals surface area contributed by atoms with Gasteiger partial charge in [-0.3, -0.25) is 4.79 Å². The molecule has 3 N–H and O–H groups in total. The minimum atomic E-state index is -0.238. The number of benzene rings is 3. The average Bonchev–Trinajstić information content (AvgIpc) is 3.38. The molecule has 5 aromatic rings. The number of H-pyrrole nitrogens is 1. The topological polar surface area (TPSA) is 87.2 Å². The Morgan fingerprint density at radius 2 is 1.61 bits per heavy atom. The lowest BCUT2D eigenvalue weighted by atomic mass is 9.93. The fourth-order valence-electron chi connectivity index (χ4n) is 5.09. The molecular weight excluding hydrogens is 474 g/mol. The third-order valence-corrected chi connectivity index (χ3v) is 7.19. The zero-order chi connectivity index (χ0) is 25.9. The molecule has 0 atom stereocenters. The number of pyridine rings is 1. The summed E-state index contributed by atoms with van der Waals surface area (Å²) in [6.07, 6.45) is 6.68. The van der Waals surface area contributed by atoms with Gasteiger partial charge in [-0.05, 0) is 67.6 Å². The molecule has 1 amide bonds. The van der Waals surface area contributed by atoms with Crippen molar-refractivity contribution in [2.45, 2.75) is 37.8 Å². The van der Waals surface area contributed by atoms with Gasteiger partial charge in [0.15, 0.2) is 0 Å². The number of carbonyl (C=O) groups excluding carboxylic acids is 1. The first-order valence-electron chi connectivity index (χ1n) is 13.0. The van der Waals surface area contributed by atoms with Crippen LogP contribution < -0.4 is 10.1 Å². The summed E-state index contributed by atoms with van der Waals surface area (Å²) in [7, 11) is 0. The van der Waals surface area contributed by atoms with Crippen LogP contribution in [0, 0.1) is 0 Å². The number of rotatable bonds is 6. The molecule has 0 saturated heterocycles. The molecule has 1 saturated carbocycles. The van der Waals surface area contributed by atoms with Crippen LogP contribution in [0.15, 0.2) is 97.3 Å². The highest BCUT2D eigenvalue weighted by Crippen LogP contribution is 2.36. The van der Waals surface area contributed by atoms with Crippen molar-refractivity contribution < 1.29 is 14.6 Å². The van der Waals surface area contributed by atoms with Crippen molar-refractivity contribution in [2.75, 3.05) is 0 Å². The van der Waals surface area contributed by atoms with Gasteiger partial charge in [0, 0.05) is 46.1 Å². The van der Waals surface area contributed by atoms with E-state index in [1.165, 1.54) is 0 Å². The van der Waals surface area contributed by atoms with E-state index in [9.17, 15) is 9.90 Å². The van der Waals surface area contributed by atoms with E-state index in [1.807, 2.05) is 91.3 Å². The Kier molecular flexibility index (Phi) is 6.63. The van der Waals surface area contributed by atoms with Crippen LogP contribution in [-0.2, 0) is 0 Å². The van der Waals surface area contributed by atoms with Gasteiger partial charge in [-0.25, -0.2) is 4.98 Å². The lowest BCUT2D eigenvalue weighted by Gasteiger charge is -2.26. The molecule has 3 aromatic carbocycles. The first-order valence-corrected chi connectivity index (χ1v) is 13.0. The minimum absolute atomic E-state index is 0.0733. The van der Waals surface area contributed by atoms with E-state index >= 15 is 0 Å². The van der Waals surface area contributed by atoms with Crippen LogP contribution in [0.5, 0.6) is 11.5 Å². The second-order valence-electron chi connectivity index (χ2n) is 9.79. The highest BCUT2D eigenvalue weighted by atomic mass is 16.5. The maximum absolute atomic E-state index is 12.8. The minimum Gasteiger partial charge on any atom is -0.457 e. The number of carbonyl (C=O) groups is 1. The molecule has 2 heterocycles. The number of para-hydroxylation sites is 2. The number of nitrogens with zero attached hydrogens (tertiary/aromatic N) is 1. The molecule has 38 heavy (non-hydrogen) atoms. The monoisotopic (exact) mass is 503 g/mol. The van der Waals surface area contributed by atoms with Crippen molar-refractivity contribution in [1.82, 2.24) is 15.3 Å². The Hall–Kier alpha value is -4.42. The standard InChI is InChI=1S/C32H29N3O3/c36-25-16-14-24(15-17-25)35-32(37)22-12-10-21(11-13-22)29-20-34-31-28(29)18-23(19-33-31)27-8-4-5-9-30(27)38-26-6-2-1-3-7-26/h1-13,18-20,24-25,36H,14-17H2,(H,33,34)(H,35,37). The fourth-order valence-corrected chi connectivity index (χ4v) is 5.09. The van der Waals surface area contributed by atoms with E-state index in [4.69, 9.17) is 4.74 Å². The van der Waals surface area contributed by atoms with Crippen molar-refractivity contribution in [2.24, 2.45) is 0 Å². The first-order chi connectivity index (χ1) is 18.6. The molecule has 0 radical (unpaired) electrons. The summed E-state index contributed by atoms with van der Waals surface area (Å²) in [5.74, 6) is 1.47. The summed E-state index contributed by atoms with van der Waals surface area (Å²) in [4.78, 5) is 20.7. The number of aliphatic hydroxyl groups is 1. The lowest BCUT2D eigenvalue weighted by Crippen LogP contribution is -2.38. The Morgan fingerprint density at radius 3 is 2.39 bits per heavy atom. The highest BCUT2D eigenvalue weighted by Gasteiger charge is 2.21. The third-order valence-electron chi connectivity index (χ3n) is 7.19. The van der Waals surface area contributed by atoms with E-state index in [2.05, 4.69) is 21.4 Å². The Bertz CT molecular complexity index is 1550. The van der Waals surface area contributed by atoms with Crippen molar-refractivity contribution in [3.8, 4) is 33.8 Å². The van der Waals surface area contributed by atoms with E-state index < -0.39 is 0 Å². The molecule has 1 aliphatic carbocycles. The van der Waals surface area contributed by atoms with Gasteiger partial charge in [-0.2, -0.15) is 0 Å². The Balaban J connectivity index is 1.25. The summed E-state index contributed by atoms with van der Waals surface area (Å²) >= 11 is 0. The molecule has 190 valence electrons. The van der Waals surface area contributed by atoms with Crippen LogP contribution >= 0.6 is 0 Å². The van der Waals surface area contributed by atoms with Crippen LogP contribution in [-0.4, -0.2) is 33.1 Å². The molecule has 6 heteroatoms. The molecule has 1 fully saturated rings. The summed E-state index contributed by atoms with van der Waals surface area (Å²) in [6, 6.07) is 27.6.